The van der Waals surface area contributed by atoms with Crippen LogP contribution in [0.15, 0.2) is 0 Å². The van der Waals surface area contributed by atoms with Gasteiger partial charge in [0.15, 0.2) is 0 Å². The van der Waals surface area contributed by atoms with Crippen LogP contribution in [-0.2, 0) is 4.74 Å². The number of aliphatic hydroxyl groups excluding tert-OH is 2. The Hall–Kier alpha value is -0.120. The maximum absolute atomic E-state index is 8.11. The van der Waals surface area contributed by atoms with Crippen molar-refractivity contribution in [3.05, 3.63) is 0 Å². The zero-order valence-corrected chi connectivity index (χ0v) is 7.71. The van der Waals surface area contributed by atoms with E-state index < -0.39 is 6.10 Å². The molecule has 1 aliphatic rings. The number of hydrogen-bond donors (Lipinski definition) is 2. The van der Waals surface area contributed by atoms with Crippen LogP contribution in [0, 0.1) is 0 Å². The second kappa shape index (κ2) is 12.5. The first-order valence-electron chi connectivity index (χ1n) is 4.05. The highest BCUT2D eigenvalue weighted by Gasteiger charge is 1.94. The molecule has 0 saturated carbocycles. The van der Waals surface area contributed by atoms with Crippen molar-refractivity contribution in [3.8, 4) is 0 Å². The molecule has 1 saturated heterocycles. The Morgan fingerprint density at radius 1 is 1.36 bits per heavy atom. The molecule has 0 aromatic carbocycles. The second-order valence-corrected chi connectivity index (χ2v) is 2.35. The number of rotatable bonds is 1. The molecule has 1 atom stereocenters. The monoisotopic (exact) mass is 164 g/mol. The molecule has 0 bridgehead atoms. The topological polar surface area (TPSA) is 53.0 Å². The highest BCUT2D eigenvalue weighted by atomic mass is 16.6. The van der Waals surface area contributed by atoms with Crippen molar-refractivity contribution in [1.82, 2.24) is 0 Å². The molecule has 1 aliphatic heterocycles. The molecule has 0 aliphatic carbocycles. The molecule has 2 N–H and O–H groups in total. The van der Waals surface area contributed by atoms with Gasteiger partial charge >= 0.3 is 0 Å². The number of ether oxygens (including phenoxy) is 1. The summed E-state index contributed by atoms with van der Waals surface area (Å²) in [5, 5.41) is 16.0. The van der Waals surface area contributed by atoms with Crippen molar-refractivity contribution in [3.63, 3.8) is 0 Å². The van der Waals surface area contributed by atoms with Gasteiger partial charge < -0.3 is 14.9 Å². The smallest absolute Gasteiger partial charge is 0.0742 e. The Kier molecular flexibility index (Phi) is 15.4. The van der Waals surface area contributed by atoms with Gasteiger partial charge in [0.05, 0.1) is 25.9 Å². The molecule has 0 spiro atoms. The molecule has 1 heterocycles. The maximum atomic E-state index is 8.11. The lowest BCUT2D eigenvalue weighted by Crippen LogP contribution is -2.03. The van der Waals surface area contributed by atoms with Gasteiger partial charge in [0.2, 0.25) is 0 Å². The van der Waals surface area contributed by atoms with Crippen molar-refractivity contribution in [1.29, 1.82) is 0 Å². The molecular formula is C8H20O3. The predicted octanol–water partition coefficient (Wildman–Crippen LogP) is 0.792. The molecule has 1 fully saturated rings. The lowest BCUT2D eigenvalue weighted by Gasteiger charge is -1.90. The number of aliphatic hydroxyl groups is 2. The van der Waals surface area contributed by atoms with E-state index in [4.69, 9.17) is 10.2 Å². The van der Waals surface area contributed by atoms with E-state index in [1.807, 2.05) is 0 Å². The van der Waals surface area contributed by atoms with Gasteiger partial charge in [-0.1, -0.05) is 20.3 Å². The van der Waals surface area contributed by atoms with E-state index in [0.29, 0.717) is 0 Å². The molecule has 1 rings (SSSR count). The first-order valence-corrected chi connectivity index (χ1v) is 4.05. The van der Waals surface area contributed by atoms with Gasteiger partial charge in [0.1, 0.15) is 0 Å². The second-order valence-electron chi connectivity index (χ2n) is 2.35. The fourth-order valence-electron chi connectivity index (χ4n) is 0. The SMILES string of the molecule is C1CO1.CC(O)CO.CCC. The van der Waals surface area contributed by atoms with Crippen LogP contribution in [0.3, 0.4) is 0 Å². The third-order valence-electron chi connectivity index (χ3n) is 0.468. The normalized spacial score (nSPS) is 15.0. The first kappa shape index (κ1) is 13.5. The van der Waals surface area contributed by atoms with Gasteiger partial charge in [-0.25, -0.2) is 0 Å². The molecule has 0 radical (unpaired) electrons. The lowest BCUT2D eigenvalue weighted by molar-refractivity contribution is 0.110. The average molecular weight is 164 g/mol. The molecule has 1 unspecified atom stereocenters. The third-order valence-corrected chi connectivity index (χ3v) is 0.468. The highest BCUT2D eigenvalue weighted by molar-refractivity contribution is 4.36. The molecule has 70 valence electrons. The summed E-state index contributed by atoms with van der Waals surface area (Å²) in [6, 6.07) is 0. The summed E-state index contributed by atoms with van der Waals surface area (Å²) in [6.45, 7) is 7.64. The van der Waals surface area contributed by atoms with Crippen LogP contribution in [-0.4, -0.2) is 36.1 Å². The largest absolute Gasteiger partial charge is 0.394 e. The summed E-state index contributed by atoms with van der Waals surface area (Å²) in [5.41, 5.74) is 0. The summed E-state index contributed by atoms with van der Waals surface area (Å²) in [4.78, 5) is 0. The quantitative estimate of drug-likeness (QED) is 0.563. The standard InChI is InChI=1S/C3H8O2.C3H8.C2H4O/c1-3(5)2-4;1-3-2;1-2-3-1/h3-5H,2H2,1H3;3H2,1-2H3;1-2H2. The van der Waals surface area contributed by atoms with Gasteiger partial charge in [-0.05, 0) is 6.92 Å². The molecule has 0 aromatic heterocycles. The fraction of sp³-hybridized carbons (Fsp3) is 1.00. The fourth-order valence-corrected chi connectivity index (χ4v) is 0. The van der Waals surface area contributed by atoms with Crippen molar-refractivity contribution >= 4 is 0 Å². The summed E-state index contributed by atoms with van der Waals surface area (Å²) in [5.74, 6) is 0. The number of epoxide rings is 1. The summed E-state index contributed by atoms with van der Waals surface area (Å²) < 4.78 is 4.50. The first-order chi connectivity index (χ1) is 5.18. The van der Waals surface area contributed by atoms with Crippen LogP contribution in [0.1, 0.15) is 27.2 Å². The van der Waals surface area contributed by atoms with Crippen LogP contribution in [0.25, 0.3) is 0 Å². The summed E-state index contributed by atoms with van der Waals surface area (Å²) in [6.07, 6.45) is 0.690. The Morgan fingerprint density at radius 2 is 1.55 bits per heavy atom. The van der Waals surface area contributed by atoms with Crippen molar-refractivity contribution in [2.45, 2.75) is 33.3 Å². The Labute approximate surface area is 69.0 Å². The Balaban J connectivity index is 0. The van der Waals surface area contributed by atoms with E-state index >= 15 is 0 Å². The molecule has 0 aromatic rings. The van der Waals surface area contributed by atoms with E-state index in [2.05, 4.69) is 18.6 Å². The van der Waals surface area contributed by atoms with Crippen LogP contribution in [0.4, 0.5) is 0 Å². The van der Waals surface area contributed by atoms with E-state index in [1.165, 1.54) is 13.3 Å². The minimum Gasteiger partial charge on any atom is -0.394 e. The Bertz CT molecular complexity index is 50.5. The van der Waals surface area contributed by atoms with Gasteiger partial charge in [0.25, 0.3) is 0 Å². The molecule has 11 heavy (non-hydrogen) atoms. The van der Waals surface area contributed by atoms with Crippen LogP contribution in [0.2, 0.25) is 0 Å². The van der Waals surface area contributed by atoms with E-state index in [-0.39, 0.29) is 6.61 Å². The van der Waals surface area contributed by atoms with E-state index in [0.717, 1.165) is 13.2 Å². The summed E-state index contributed by atoms with van der Waals surface area (Å²) >= 11 is 0. The van der Waals surface area contributed by atoms with Crippen LogP contribution in [0.5, 0.6) is 0 Å². The van der Waals surface area contributed by atoms with E-state index in [9.17, 15) is 0 Å². The van der Waals surface area contributed by atoms with Crippen molar-refractivity contribution < 1.29 is 14.9 Å². The molecule has 3 heteroatoms. The summed E-state index contributed by atoms with van der Waals surface area (Å²) in [7, 11) is 0. The van der Waals surface area contributed by atoms with E-state index in [1.54, 1.807) is 0 Å². The van der Waals surface area contributed by atoms with Crippen LogP contribution < -0.4 is 0 Å². The Morgan fingerprint density at radius 3 is 1.55 bits per heavy atom. The van der Waals surface area contributed by atoms with Gasteiger partial charge in [-0.3, -0.25) is 0 Å². The minimum absolute atomic E-state index is 0.139. The van der Waals surface area contributed by atoms with Crippen LogP contribution >= 0.6 is 0 Å². The highest BCUT2D eigenvalue weighted by Crippen LogP contribution is 1.84. The van der Waals surface area contributed by atoms with Gasteiger partial charge in [-0.2, -0.15) is 0 Å². The van der Waals surface area contributed by atoms with Crippen molar-refractivity contribution in [2.24, 2.45) is 0 Å². The minimum atomic E-state index is -0.560. The maximum Gasteiger partial charge on any atom is 0.0742 e. The predicted molar refractivity (Wildman–Crippen MR) is 45.6 cm³/mol. The lowest BCUT2D eigenvalue weighted by atomic mass is 10.5. The average Bonchev–Trinajstić information content (AvgIpc) is 2.73. The number of hydrogen-bond acceptors (Lipinski definition) is 3. The zero-order chi connectivity index (χ0) is 9.11. The molecular weight excluding hydrogens is 144 g/mol. The molecule has 0 amide bonds. The van der Waals surface area contributed by atoms with Gasteiger partial charge in [-0.15, -0.1) is 0 Å². The van der Waals surface area contributed by atoms with Crippen molar-refractivity contribution in [2.75, 3.05) is 19.8 Å². The third kappa shape index (κ3) is 74.0. The molecule has 3 nitrogen and oxygen atoms in total. The van der Waals surface area contributed by atoms with Gasteiger partial charge in [0, 0.05) is 0 Å². The zero-order valence-electron chi connectivity index (χ0n) is 7.71.